The van der Waals surface area contributed by atoms with Crippen molar-refractivity contribution in [2.45, 2.75) is 19.4 Å². The van der Waals surface area contributed by atoms with Gasteiger partial charge in [0.1, 0.15) is 0 Å². The van der Waals surface area contributed by atoms with Gasteiger partial charge in [0.25, 0.3) is 0 Å². The lowest BCUT2D eigenvalue weighted by molar-refractivity contribution is 0.111. The van der Waals surface area contributed by atoms with Gasteiger partial charge in [-0.25, -0.2) is 0 Å². The molecule has 2 rings (SSSR count). The summed E-state index contributed by atoms with van der Waals surface area (Å²) >= 11 is 0. The Balaban J connectivity index is 2.47. The van der Waals surface area contributed by atoms with E-state index in [-0.39, 0.29) is 5.92 Å². The van der Waals surface area contributed by atoms with Gasteiger partial charge in [0.15, 0.2) is 0 Å². The smallest absolute Gasteiger partial charge is 0.0837 e. The molecule has 1 aromatic heterocycles. The lowest BCUT2D eigenvalue weighted by atomic mass is 9.92. The third-order valence-electron chi connectivity index (χ3n) is 3.28. The fourth-order valence-electron chi connectivity index (χ4n) is 2.15. The summed E-state index contributed by atoms with van der Waals surface area (Å²) in [6.45, 7) is 2.54. The van der Waals surface area contributed by atoms with Crippen molar-refractivity contribution in [3.05, 3.63) is 42.1 Å². The molecule has 0 aliphatic heterocycles. The Morgan fingerprint density at radius 3 is 2.76 bits per heavy atom. The zero-order valence-corrected chi connectivity index (χ0v) is 10.0. The number of aliphatic hydroxyl groups is 1. The van der Waals surface area contributed by atoms with Crippen molar-refractivity contribution in [1.82, 2.24) is 4.98 Å². The molecule has 0 radical (unpaired) electrons. The Morgan fingerprint density at radius 1 is 1.29 bits per heavy atom. The van der Waals surface area contributed by atoms with Crippen molar-refractivity contribution < 1.29 is 5.11 Å². The van der Waals surface area contributed by atoms with Crippen LogP contribution >= 0.6 is 0 Å². The number of pyridine rings is 1. The fraction of sp³-hybridized carbons (Fsp3) is 0.357. The Hall–Kier alpha value is -1.45. The van der Waals surface area contributed by atoms with Crippen LogP contribution in [0.5, 0.6) is 0 Å². The molecule has 3 nitrogen and oxygen atoms in total. The van der Waals surface area contributed by atoms with Crippen LogP contribution in [0.4, 0.5) is 0 Å². The number of nitrogens with zero attached hydrogens (tertiary/aromatic N) is 1. The van der Waals surface area contributed by atoms with Crippen LogP contribution in [0.25, 0.3) is 10.9 Å². The molecule has 0 aliphatic carbocycles. The summed E-state index contributed by atoms with van der Waals surface area (Å²) in [5.41, 5.74) is 7.53. The van der Waals surface area contributed by atoms with E-state index in [1.165, 1.54) is 0 Å². The minimum Gasteiger partial charge on any atom is -0.388 e. The SMILES string of the molecule is CCC(CN)C(O)c1ccnc2ccccc12. The molecule has 0 spiro atoms. The Bertz CT molecular complexity index is 489. The van der Waals surface area contributed by atoms with Crippen LogP contribution in [-0.2, 0) is 0 Å². The summed E-state index contributed by atoms with van der Waals surface area (Å²) in [6, 6.07) is 9.74. The lowest BCUT2D eigenvalue weighted by Gasteiger charge is -2.21. The van der Waals surface area contributed by atoms with E-state index in [2.05, 4.69) is 4.98 Å². The van der Waals surface area contributed by atoms with E-state index in [4.69, 9.17) is 5.73 Å². The molecule has 2 aromatic rings. The highest BCUT2D eigenvalue weighted by Gasteiger charge is 2.19. The summed E-state index contributed by atoms with van der Waals surface area (Å²) in [5.74, 6) is 0.0980. The maximum atomic E-state index is 10.4. The zero-order valence-electron chi connectivity index (χ0n) is 10.0. The van der Waals surface area contributed by atoms with Gasteiger partial charge in [0.05, 0.1) is 11.6 Å². The quantitative estimate of drug-likeness (QED) is 0.847. The maximum absolute atomic E-state index is 10.4. The highest BCUT2D eigenvalue weighted by Crippen LogP contribution is 2.28. The lowest BCUT2D eigenvalue weighted by Crippen LogP contribution is -2.21. The molecule has 0 aliphatic rings. The summed E-state index contributed by atoms with van der Waals surface area (Å²) in [7, 11) is 0. The van der Waals surface area contributed by atoms with Crippen LogP contribution in [0.2, 0.25) is 0 Å². The number of hydrogen-bond donors (Lipinski definition) is 2. The van der Waals surface area contributed by atoms with Crippen LogP contribution in [0.3, 0.4) is 0 Å². The molecule has 3 N–H and O–H groups in total. The highest BCUT2D eigenvalue weighted by molar-refractivity contribution is 5.82. The van der Waals surface area contributed by atoms with Crippen molar-refractivity contribution in [2.75, 3.05) is 6.54 Å². The van der Waals surface area contributed by atoms with Crippen LogP contribution in [-0.4, -0.2) is 16.6 Å². The van der Waals surface area contributed by atoms with Crippen LogP contribution < -0.4 is 5.73 Å². The average molecular weight is 230 g/mol. The zero-order chi connectivity index (χ0) is 12.3. The second-order valence-corrected chi connectivity index (χ2v) is 4.27. The van der Waals surface area contributed by atoms with E-state index in [1.54, 1.807) is 6.20 Å². The Labute approximate surface area is 101 Å². The molecule has 2 atom stereocenters. The second-order valence-electron chi connectivity index (χ2n) is 4.27. The molecule has 2 unspecified atom stereocenters. The number of nitrogens with two attached hydrogens (primary N) is 1. The predicted molar refractivity (Wildman–Crippen MR) is 69.5 cm³/mol. The first-order valence-electron chi connectivity index (χ1n) is 5.99. The van der Waals surface area contributed by atoms with Gasteiger partial charge in [-0.3, -0.25) is 4.98 Å². The van der Waals surface area contributed by atoms with Gasteiger partial charge >= 0.3 is 0 Å². The van der Waals surface area contributed by atoms with Crippen molar-refractivity contribution in [1.29, 1.82) is 0 Å². The molecule has 0 bridgehead atoms. The van der Waals surface area contributed by atoms with Gasteiger partial charge in [-0.15, -0.1) is 0 Å². The predicted octanol–water partition coefficient (Wildman–Crippen LogP) is 2.25. The Kier molecular flexibility index (Phi) is 3.71. The monoisotopic (exact) mass is 230 g/mol. The molecular formula is C14H18N2O. The maximum Gasteiger partial charge on any atom is 0.0837 e. The number of benzene rings is 1. The van der Waals surface area contributed by atoms with Gasteiger partial charge in [-0.2, -0.15) is 0 Å². The van der Waals surface area contributed by atoms with Crippen LogP contribution in [0.15, 0.2) is 36.5 Å². The third-order valence-corrected chi connectivity index (χ3v) is 3.28. The van der Waals surface area contributed by atoms with E-state index in [0.717, 1.165) is 22.9 Å². The first-order chi connectivity index (χ1) is 8.27. The number of para-hydroxylation sites is 1. The van der Waals surface area contributed by atoms with E-state index >= 15 is 0 Å². The molecule has 3 heteroatoms. The summed E-state index contributed by atoms with van der Waals surface area (Å²) in [6.07, 6.45) is 2.09. The second kappa shape index (κ2) is 5.25. The largest absolute Gasteiger partial charge is 0.388 e. The molecule has 1 heterocycles. The van der Waals surface area contributed by atoms with Crippen molar-refractivity contribution in [3.63, 3.8) is 0 Å². The number of fused-ring (bicyclic) bond motifs is 1. The molecule has 90 valence electrons. The van der Waals surface area contributed by atoms with Gasteiger partial charge in [-0.1, -0.05) is 25.1 Å². The number of hydrogen-bond acceptors (Lipinski definition) is 3. The topological polar surface area (TPSA) is 59.1 Å². The Morgan fingerprint density at radius 2 is 2.06 bits per heavy atom. The molecule has 0 saturated heterocycles. The number of rotatable bonds is 4. The van der Waals surface area contributed by atoms with E-state index < -0.39 is 6.10 Å². The molecule has 17 heavy (non-hydrogen) atoms. The summed E-state index contributed by atoms with van der Waals surface area (Å²) in [4.78, 5) is 4.29. The summed E-state index contributed by atoms with van der Waals surface area (Å²) < 4.78 is 0. The third kappa shape index (κ3) is 2.30. The normalized spacial score (nSPS) is 14.8. The van der Waals surface area contributed by atoms with Gasteiger partial charge in [0.2, 0.25) is 0 Å². The van der Waals surface area contributed by atoms with Crippen LogP contribution in [0.1, 0.15) is 25.0 Å². The average Bonchev–Trinajstić information content (AvgIpc) is 2.39. The van der Waals surface area contributed by atoms with Crippen molar-refractivity contribution >= 4 is 10.9 Å². The molecular weight excluding hydrogens is 212 g/mol. The number of aromatic nitrogens is 1. The van der Waals surface area contributed by atoms with Gasteiger partial charge < -0.3 is 10.8 Å². The van der Waals surface area contributed by atoms with Crippen molar-refractivity contribution in [2.24, 2.45) is 11.7 Å². The molecule has 1 aromatic carbocycles. The van der Waals surface area contributed by atoms with Crippen molar-refractivity contribution in [3.8, 4) is 0 Å². The highest BCUT2D eigenvalue weighted by atomic mass is 16.3. The first kappa shape index (κ1) is 12.0. The van der Waals surface area contributed by atoms with Gasteiger partial charge in [-0.05, 0) is 30.7 Å². The summed E-state index contributed by atoms with van der Waals surface area (Å²) in [5, 5.41) is 11.4. The van der Waals surface area contributed by atoms with Gasteiger partial charge in [0, 0.05) is 17.5 Å². The van der Waals surface area contributed by atoms with Crippen LogP contribution in [0, 0.1) is 5.92 Å². The van der Waals surface area contributed by atoms with E-state index in [0.29, 0.717) is 6.54 Å². The molecule has 0 amide bonds. The molecule has 0 saturated carbocycles. The minimum absolute atomic E-state index is 0.0980. The van der Waals surface area contributed by atoms with E-state index in [1.807, 2.05) is 37.3 Å². The minimum atomic E-state index is -0.516. The molecule has 0 fully saturated rings. The number of aliphatic hydroxyl groups excluding tert-OH is 1. The standard InChI is InChI=1S/C14H18N2O/c1-2-10(9-15)14(17)12-7-8-16-13-6-4-3-5-11(12)13/h3-8,10,14,17H,2,9,15H2,1H3. The van der Waals surface area contributed by atoms with E-state index in [9.17, 15) is 5.11 Å². The first-order valence-corrected chi connectivity index (χ1v) is 5.99. The fourth-order valence-corrected chi connectivity index (χ4v) is 2.15.